The van der Waals surface area contributed by atoms with E-state index in [1.807, 2.05) is 12.1 Å². The smallest absolute Gasteiger partial charge is 0.329 e. The Kier molecular flexibility index (Phi) is 8.08. The number of hydrogen-bond acceptors (Lipinski definition) is 5. The van der Waals surface area contributed by atoms with Gasteiger partial charge in [-0.1, -0.05) is 41.4 Å². The first-order valence-corrected chi connectivity index (χ1v) is 10.2. The van der Waals surface area contributed by atoms with E-state index in [1.54, 1.807) is 55.6 Å². The number of para-hydroxylation sites is 1. The third kappa shape index (κ3) is 6.47. The van der Waals surface area contributed by atoms with Crippen molar-refractivity contribution in [2.45, 2.75) is 6.61 Å². The van der Waals surface area contributed by atoms with Crippen LogP contribution in [0, 0.1) is 0 Å². The molecule has 0 aliphatic carbocycles. The zero-order chi connectivity index (χ0) is 22.9. The van der Waals surface area contributed by atoms with Crippen molar-refractivity contribution in [2.24, 2.45) is 5.10 Å². The Morgan fingerprint density at radius 1 is 0.969 bits per heavy atom. The van der Waals surface area contributed by atoms with Gasteiger partial charge >= 0.3 is 11.8 Å². The monoisotopic (exact) mass is 471 g/mol. The first kappa shape index (κ1) is 23.1. The van der Waals surface area contributed by atoms with Crippen LogP contribution in [0.3, 0.4) is 0 Å². The van der Waals surface area contributed by atoms with E-state index in [4.69, 9.17) is 32.7 Å². The van der Waals surface area contributed by atoms with Gasteiger partial charge in [0.15, 0.2) is 0 Å². The predicted octanol–water partition coefficient (Wildman–Crippen LogP) is 4.67. The van der Waals surface area contributed by atoms with Gasteiger partial charge in [0.1, 0.15) is 18.1 Å². The number of rotatable bonds is 7. The van der Waals surface area contributed by atoms with Gasteiger partial charge in [0.25, 0.3) is 0 Å². The molecular formula is C23H19Cl2N3O4. The molecule has 0 aromatic heterocycles. The second-order valence-electron chi connectivity index (χ2n) is 6.45. The van der Waals surface area contributed by atoms with Gasteiger partial charge in [0, 0.05) is 16.3 Å². The van der Waals surface area contributed by atoms with Crippen LogP contribution in [0.4, 0.5) is 5.69 Å². The number of benzene rings is 3. The molecule has 0 aliphatic heterocycles. The van der Waals surface area contributed by atoms with Gasteiger partial charge in [-0.3, -0.25) is 9.59 Å². The molecule has 3 aromatic carbocycles. The topological polar surface area (TPSA) is 89.0 Å². The molecule has 3 aromatic rings. The SMILES string of the molecule is COc1ccc(/C=N/NC(=O)C(=O)Nc2cccc(Cl)c2)cc1COc1ccccc1Cl. The van der Waals surface area contributed by atoms with Crippen molar-refractivity contribution < 1.29 is 19.1 Å². The average molecular weight is 472 g/mol. The molecule has 2 amide bonds. The zero-order valence-corrected chi connectivity index (χ0v) is 18.5. The maximum absolute atomic E-state index is 12.0. The lowest BCUT2D eigenvalue weighted by Crippen LogP contribution is -2.32. The van der Waals surface area contributed by atoms with Crippen LogP contribution >= 0.6 is 23.2 Å². The number of carbonyl (C=O) groups excluding carboxylic acids is 2. The number of amides is 2. The normalized spacial score (nSPS) is 10.6. The molecule has 0 atom stereocenters. The van der Waals surface area contributed by atoms with Crippen LogP contribution in [0.5, 0.6) is 11.5 Å². The lowest BCUT2D eigenvalue weighted by atomic mass is 10.1. The van der Waals surface area contributed by atoms with Gasteiger partial charge in [-0.2, -0.15) is 5.10 Å². The highest BCUT2D eigenvalue weighted by molar-refractivity contribution is 6.39. The highest BCUT2D eigenvalue weighted by Crippen LogP contribution is 2.26. The summed E-state index contributed by atoms with van der Waals surface area (Å²) in [7, 11) is 1.56. The van der Waals surface area contributed by atoms with Crippen molar-refractivity contribution in [2.75, 3.05) is 12.4 Å². The fourth-order valence-electron chi connectivity index (χ4n) is 2.68. The minimum absolute atomic E-state index is 0.211. The Morgan fingerprint density at radius 2 is 1.78 bits per heavy atom. The van der Waals surface area contributed by atoms with E-state index in [0.717, 1.165) is 5.56 Å². The number of methoxy groups -OCH3 is 1. The third-order valence-corrected chi connectivity index (χ3v) is 4.74. The number of ether oxygens (including phenoxy) is 2. The van der Waals surface area contributed by atoms with E-state index >= 15 is 0 Å². The third-order valence-electron chi connectivity index (χ3n) is 4.19. The molecule has 32 heavy (non-hydrogen) atoms. The van der Waals surface area contributed by atoms with Crippen LogP contribution in [0.1, 0.15) is 11.1 Å². The lowest BCUT2D eigenvalue weighted by Gasteiger charge is -2.12. The number of carbonyl (C=O) groups is 2. The molecule has 9 heteroatoms. The van der Waals surface area contributed by atoms with Crippen molar-refractivity contribution in [3.05, 3.63) is 87.9 Å². The maximum atomic E-state index is 12.0. The second-order valence-corrected chi connectivity index (χ2v) is 7.30. The fraction of sp³-hybridized carbons (Fsp3) is 0.0870. The van der Waals surface area contributed by atoms with E-state index in [-0.39, 0.29) is 6.61 Å². The summed E-state index contributed by atoms with van der Waals surface area (Å²) in [4.78, 5) is 23.9. The predicted molar refractivity (Wildman–Crippen MR) is 125 cm³/mol. The zero-order valence-electron chi connectivity index (χ0n) is 17.0. The first-order valence-electron chi connectivity index (χ1n) is 9.40. The van der Waals surface area contributed by atoms with Crippen molar-refractivity contribution in [3.63, 3.8) is 0 Å². The molecule has 0 bridgehead atoms. The summed E-state index contributed by atoms with van der Waals surface area (Å²) >= 11 is 12.0. The van der Waals surface area contributed by atoms with Gasteiger partial charge in [-0.05, 0) is 54.1 Å². The van der Waals surface area contributed by atoms with Crippen LogP contribution < -0.4 is 20.2 Å². The first-order chi connectivity index (χ1) is 15.5. The Morgan fingerprint density at radius 3 is 2.53 bits per heavy atom. The van der Waals surface area contributed by atoms with Gasteiger partial charge < -0.3 is 14.8 Å². The average Bonchev–Trinajstić information content (AvgIpc) is 2.78. The van der Waals surface area contributed by atoms with Crippen molar-refractivity contribution in [1.82, 2.24) is 5.43 Å². The number of nitrogens with zero attached hydrogens (tertiary/aromatic N) is 1. The van der Waals surface area contributed by atoms with Crippen molar-refractivity contribution in [3.8, 4) is 11.5 Å². The quantitative estimate of drug-likeness (QED) is 0.297. The molecule has 3 rings (SSSR count). The number of anilines is 1. The molecule has 0 saturated heterocycles. The standard InChI is InChI=1S/C23H19Cl2N3O4/c1-31-20-10-9-15(11-16(20)14-32-21-8-3-2-7-19(21)25)13-26-28-23(30)22(29)27-18-6-4-5-17(24)12-18/h2-13H,14H2,1H3,(H,27,29)(H,28,30)/b26-13+. The Bertz CT molecular complexity index is 1150. The summed E-state index contributed by atoms with van der Waals surface area (Å²) in [5.74, 6) is -0.614. The van der Waals surface area contributed by atoms with Crippen molar-refractivity contribution >= 4 is 46.9 Å². The molecule has 0 radical (unpaired) electrons. The molecule has 0 heterocycles. The summed E-state index contributed by atoms with van der Waals surface area (Å²) in [6.07, 6.45) is 1.41. The summed E-state index contributed by atoms with van der Waals surface area (Å²) in [5.41, 5.74) is 4.00. The maximum Gasteiger partial charge on any atom is 0.329 e. The molecule has 7 nitrogen and oxygen atoms in total. The molecule has 0 saturated carbocycles. The number of hydrogen-bond donors (Lipinski definition) is 2. The van der Waals surface area contributed by atoms with E-state index in [2.05, 4.69) is 15.8 Å². The van der Waals surface area contributed by atoms with E-state index in [9.17, 15) is 9.59 Å². The minimum atomic E-state index is -0.919. The number of nitrogens with one attached hydrogen (secondary N) is 2. The summed E-state index contributed by atoms with van der Waals surface area (Å²) in [5, 5.41) is 7.22. The minimum Gasteiger partial charge on any atom is -0.496 e. The van der Waals surface area contributed by atoms with E-state index in [0.29, 0.717) is 32.8 Å². The molecule has 0 spiro atoms. The highest BCUT2D eigenvalue weighted by atomic mass is 35.5. The number of hydrazone groups is 1. The van der Waals surface area contributed by atoms with Crippen LogP contribution in [0.2, 0.25) is 10.0 Å². The molecule has 0 unspecified atom stereocenters. The van der Waals surface area contributed by atoms with Gasteiger partial charge in [0.05, 0.1) is 18.3 Å². The number of halogens is 2. The largest absolute Gasteiger partial charge is 0.496 e. The molecule has 0 fully saturated rings. The Balaban J connectivity index is 1.61. The molecule has 0 aliphatic rings. The molecular weight excluding hydrogens is 453 g/mol. The summed E-state index contributed by atoms with van der Waals surface area (Å²) < 4.78 is 11.1. The van der Waals surface area contributed by atoms with Gasteiger partial charge in [-0.15, -0.1) is 0 Å². The van der Waals surface area contributed by atoms with Crippen LogP contribution in [-0.4, -0.2) is 25.1 Å². The fourth-order valence-corrected chi connectivity index (χ4v) is 3.06. The summed E-state index contributed by atoms with van der Waals surface area (Å²) in [6.45, 7) is 0.211. The molecule has 164 valence electrons. The van der Waals surface area contributed by atoms with Crippen LogP contribution in [0.15, 0.2) is 71.8 Å². The summed E-state index contributed by atoms with van der Waals surface area (Å²) in [6, 6.07) is 18.9. The van der Waals surface area contributed by atoms with E-state index in [1.165, 1.54) is 12.3 Å². The van der Waals surface area contributed by atoms with Crippen LogP contribution in [-0.2, 0) is 16.2 Å². The van der Waals surface area contributed by atoms with Crippen LogP contribution in [0.25, 0.3) is 0 Å². The second kappa shape index (κ2) is 11.2. The Hall–Kier alpha value is -3.55. The van der Waals surface area contributed by atoms with E-state index < -0.39 is 11.8 Å². The van der Waals surface area contributed by atoms with Gasteiger partial charge in [0.2, 0.25) is 0 Å². The molecule has 2 N–H and O–H groups in total. The van der Waals surface area contributed by atoms with Crippen molar-refractivity contribution in [1.29, 1.82) is 0 Å². The van der Waals surface area contributed by atoms with Gasteiger partial charge in [-0.25, -0.2) is 5.43 Å². The highest BCUT2D eigenvalue weighted by Gasteiger charge is 2.13. The lowest BCUT2D eigenvalue weighted by molar-refractivity contribution is -0.136. The Labute approximate surface area is 194 Å².